The summed E-state index contributed by atoms with van der Waals surface area (Å²) in [5.41, 5.74) is 0.615. The number of hydrogen-bond acceptors (Lipinski definition) is 4. The van der Waals surface area contributed by atoms with E-state index in [9.17, 15) is 18.9 Å². The second-order valence-corrected chi connectivity index (χ2v) is 7.88. The van der Waals surface area contributed by atoms with E-state index >= 15 is 0 Å². The van der Waals surface area contributed by atoms with Gasteiger partial charge in [0.05, 0.1) is 6.61 Å². The van der Waals surface area contributed by atoms with E-state index in [0.717, 1.165) is 6.66 Å². The van der Waals surface area contributed by atoms with Gasteiger partial charge >= 0.3 is 0 Å². The first kappa shape index (κ1) is 15.6. The lowest BCUT2D eigenvalue weighted by Crippen LogP contribution is -2.25. The van der Waals surface area contributed by atoms with E-state index in [4.69, 9.17) is 0 Å². The van der Waals surface area contributed by atoms with E-state index in [1.807, 2.05) is 0 Å². The first-order chi connectivity index (χ1) is 8.27. The van der Waals surface area contributed by atoms with Gasteiger partial charge in [-0.25, -0.2) is 0 Å². The van der Waals surface area contributed by atoms with Crippen LogP contribution in [-0.4, -0.2) is 22.6 Å². The van der Waals surface area contributed by atoms with Crippen molar-refractivity contribution >= 4 is 15.3 Å². The normalized spacial score (nSPS) is 18.3. The van der Waals surface area contributed by atoms with Gasteiger partial charge < -0.3 is 14.3 Å². The lowest BCUT2D eigenvalue weighted by Gasteiger charge is -2.36. The van der Waals surface area contributed by atoms with Gasteiger partial charge in [0.25, 0.3) is 7.52 Å². The molecule has 1 aromatic rings. The maximum Gasteiger partial charge on any atom is 0.273 e. The van der Waals surface area contributed by atoms with Gasteiger partial charge in [-0.15, -0.1) is 0 Å². The highest BCUT2D eigenvalue weighted by molar-refractivity contribution is 7.67. The first-order valence-corrected chi connectivity index (χ1v) is 8.91. The number of benzene rings is 1. The summed E-state index contributed by atoms with van der Waals surface area (Å²) in [6.45, 7) is 2.21. The van der Waals surface area contributed by atoms with Crippen molar-refractivity contribution in [1.82, 2.24) is 4.44 Å². The first-order valence-electron chi connectivity index (χ1n) is 5.35. The van der Waals surface area contributed by atoms with Crippen LogP contribution in [0.1, 0.15) is 12.5 Å². The minimum Gasteiger partial charge on any atom is -0.766 e. The van der Waals surface area contributed by atoms with Gasteiger partial charge in [-0.05, 0) is 12.5 Å². The van der Waals surface area contributed by atoms with Crippen molar-refractivity contribution in [3.8, 4) is 0 Å². The van der Waals surface area contributed by atoms with Crippen LogP contribution in [0.4, 0.5) is 0 Å². The molecule has 8 heteroatoms. The smallest absolute Gasteiger partial charge is 0.273 e. The van der Waals surface area contributed by atoms with Gasteiger partial charge in [0, 0.05) is 13.2 Å². The quantitative estimate of drug-likeness (QED) is 0.804. The Bertz CT molecular complexity index is 472. The maximum atomic E-state index is 11.8. The Morgan fingerprint density at radius 2 is 1.89 bits per heavy atom. The summed E-state index contributed by atoms with van der Waals surface area (Å²) in [5, 5.41) is 0. The number of rotatable bonds is 6. The number of nitrogens with zero attached hydrogens (tertiary/aromatic N) is 1. The fraction of sp³-hybridized carbons (Fsp3) is 0.400. The molecule has 18 heavy (non-hydrogen) atoms. The van der Waals surface area contributed by atoms with Crippen molar-refractivity contribution in [3.05, 3.63) is 35.9 Å². The molecule has 0 fully saturated rings. The number of hydrogen-bond donors (Lipinski definition) is 1. The molecule has 2 atom stereocenters. The Morgan fingerprint density at radius 3 is 2.33 bits per heavy atom. The van der Waals surface area contributed by atoms with Gasteiger partial charge in [0.1, 0.15) is 0 Å². The molecular weight excluding hydrogens is 276 g/mol. The highest BCUT2D eigenvalue weighted by Gasteiger charge is 2.32. The topological polar surface area (TPSA) is 89.9 Å². The molecule has 0 heterocycles. The molecule has 0 saturated carbocycles. The molecule has 1 rings (SSSR count). The molecule has 1 aromatic carbocycles. The van der Waals surface area contributed by atoms with Crippen molar-refractivity contribution in [2.45, 2.75) is 13.5 Å². The zero-order chi connectivity index (χ0) is 13.8. The third-order valence-electron chi connectivity index (χ3n) is 2.17. The average Bonchev–Trinajstić information content (AvgIpc) is 2.25. The molecule has 0 spiro atoms. The third-order valence-corrected chi connectivity index (χ3v) is 6.11. The van der Waals surface area contributed by atoms with Crippen LogP contribution in [0.5, 0.6) is 0 Å². The predicted molar refractivity (Wildman–Crippen MR) is 67.0 cm³/mol. The van der Waals surface area contributed by atoms with E-state index < -0.39 is 15.3 Å². The summed E-state index contributed by atoms with van der Waals surface area (Å²) in [6, 6.07) is 8.57. The van der Waals surface area contributed by atoms with Gasteiger partial charge in [-0.1, -0.05) is 30.3 Å². The third kappa shape index (κ3) is 4.32. The minimum absolute atomic E-state index is 0.0773. The van der Waals surface area contributed by atoms with Crippen LogP contribution in [-0.2, 0) is 20.2 Å². The molecular formula is C10H16NO5P2-. The second-order valence-electron chi connectivity index (χ2n) is 3.74. The zero-order valence-corrected chi connectivity index (χ0v) is 12.0. The summed E-state index contributed by atoms with van der Waals surface area (Å²) < 4.78 is 28.5. The van der Waals surface area contributed by atoms with Crippen LogP contribution < -0.4 is 4.89 Å². The van der Waals surface area contributed by atoms with E-state index in [1.165, 1.54) is 6.92 Å². The van der Waals surface area contributed by atoms with Crippen LogP contribution >= 0.6 is 15.3 Å². The minimum atomic E-state index is -4.52. The van der Waals surface area contributed by atoms with Crippen LogP contribution in [0.25, 0.3) is 0 Å². The van der Waals surface area contributed by atoms with E-state index in [0.29, 0.717) is 10.0 Å². The molecule has 6 nitrogen and oxygen atoms in total. The van der Waals surface area contributed by atoms with Crippen molar-refractivity contribution < 1.29 is 23.4 Å². The van der Waals surface area contributed by atoms with E-state index in [2.05, 4.69) is 4.52 Å². The van der Waals surface area contributed by atoms with Gasteiger partial charge in [-0.2, -0.15) is 4.44 Å². The van der Waals surface area contributed by atoms with Crippen molar-refractivity contribution in [1.29, 1.82) is 0 Å². The second kappa shape index (κ2) is 6.11. The fourth-order valence-electron chi connectivity index (χ4n) is 1.40. The van der Waals surface area contributed by atoms with Crippen LogP contribution in [0.2, 0.25) is 0 Å². The van der Waals surface area contributed by atoms with Crippen molar-refractivity contribution in [2.75, 3.05) is 13.3 Å². The lowest BCUT2D eigenvalue weighted by molar-refractivity contribution is -0.208. The SMILES string of the molecule is CCOP(=O)([O-])N(Cc1ccccc1)P(C)(=O)O. The largest absolute Gasteiger partial charge is 0.766 e. The van der Waals surface area contributed by atoms with Crippen LogP contribution in [0.15, 0.2) is 30.3 Å². The zero-order valence-electron chi connectivity index (χ0n) is 10.2. The predicted octanol–water partition coefficient (Wildman–Crippen LogP) is 1.81. The van der Waals surface area contributed by atoms with Crippen molar-refractivity contribution in [3.63, 3.8) is 0 Å². The molecule has 0 radical (unpaired) electrons. The van der Waals surface area contributed by atoms with E-state index in [1.54, 1.807) is 30.3 Å². The Labute approximate surface area is 106 Å². The monoisotopic (exact) mass is 292 g/mol. The molecule has 0 saturated heterocycles. The highest BCUT2D eigenvalue weighted by Crippen LogP contribution is 2.59. The Morgan fingerprint density at radius 1 is 1.33 bits per heavy atom. The van der Waals surface area contributed by atoms with Crippen molar-refractivity contribution in [2.24, 2.45) is 0 Å². The molecule has 0 amide bonds. The standard InChI is InChI=1S/C10H17NO5P2/c1-3-16-18(14,15)11(17(2,12)13)9-10-7-5-4-6-8-10/h4-8H,3,9H2,1-2H3,(H,12,13)(H,14,15)/p-1. The average molecular weight is 292 g/mol. The summed E-state index contributed by atoms with van der Waals surface area (Å²) in [5.74, 6) is 0. The maximum absolute atomic E-state index is 11.8. The molecule has 0 aliphatic heterocycles. The molecule has 102 valence electrons. The summed E-state index contributed by atoms with van der Waals surface area (Å²) in [6.07, 6.45) is 0. The summed E-state index contributed by atoms with van der Waals surface area (Å²) >= 11 is 0. The van der Waals surface area contributed by atoms with Gasteiger partial charge in [-0.3, -0.25) is 9.13 Å². The van der Waals surface area contributed by atoms with Crippen LogP contribution in [0, 0.1) is 0 Å². The molecule has 2 unspecified atom stereocenters. The Balaban J connectivity index is 3.01. The summed E-state index contributed by atoms with van der Waals surface area (Å²) in [7, 11) is -8.48. The van der Waals surface area contributed by atoms with E-state index in [-0.39, 0.29) is 13.2 Å². The lowest BCUT2D eigenvalue weighted by atomic mass is 10.2. The molecule has 0 aromatic heterocycles. The fourth-order valence-corrected chi connectivity index (χ4v) is 4.40. The molecule has 0 aliphatic carbocycles. The van der Waals surface area contributed by atoms with Crippen LogP contribution in [0.3, 0.4) is 0 Å². The van der Waals surface area contributed by atoms with Gasteiger partial charge in [0.15, 0.2) is 0 Å². The summed E-state index contributed by atoms with van der Waals surface area (Å²) in [4.78, 5) is 21.3. The molecule has 1 N–H and O–H groups in total. The Kier molecular flexibility index (Phi) is 5.29. The molecule has 0 bridgehead atoms. The van der Waals surface area contributed by atoms with Gasteiger partial charge in [0.2, 0.25) is 7.75 Å². The highest BCUT2D eigenvalue weighted by atomic mass is 31.2. The Hall–Kier alpha value is -0.480. The molecule has 0 aliphatic rings.